The van der Waals surface area contributed by atoms with Crippen molar-refractivity contribution in [1.82, 2.24) is 20.6 Å². The van der Waals surface area contributed by atoms with Crippen LogP contribution in [-0.4, -0.2) is 45.3 Å². The van der Waals surface area contributed by atoms with E-state index in [1.165, 1.54) is 12.1 Å². The van der Waals surface area contributed by atoms with Gasteiger partial charge in [-0.2, -0.15) is 0 Å². The summed E-state index contributed by atoms with van der Waals surface area (Å²) in [4.78, 5) is 34.0. The second kappa shape index (κ2) is 12.8. The lowest BCUT2D eigenvalue weighted by Crippen LogP contribution is -2.40. The minimum Gasteiger partial charge on any atom is -0.444 e. The van der Waals surface area contributed by atoms with Gasteiger partial charge in [-0.25, -0.2) is 19.2 Å². The number of nitrogen functional groups attached to an aromatic ring is 1. The number of hydrogen-bond acceptors (Lipinski definition) is 7. The van der Waals surface area contributed by atoms with Gasteiger partial charge in [0.2, 0.25) is 0 Å². The fourth-order valence-corrected chi connectivity index (χ4v) is 5.07. The summed E-state index contributed by atoms with van der Waals surface area (Å²) < 4.78 is 20.5. The quantitative estimate of drug-likeness (QED) is 0.286. The number of aliphatic hydroxyl groups is 1. The Morgan fingerprint density at radius 2 is 1.90 bits per heavy atom. The third-order valence-corrected chi connectivity index (χ3v) is 7.15. The van der Waals surface area contributed by atoms with Crippen LogP contribution in [0.3, 0.4) is 0 Å². The van der Waals surface area contributed by atoms with Crippen LogP contribution in [-0.2, 0) is 4.74 Å². The number of benzene rings is 2. The standard InChI is InChI=1S/C30H35ClFN5O4/c1-30(2,3)41-29(40)35-21-10-7-17(8-11-21)24-15-34-27(33)26(36-24)19-9-12-22(23(32)14-19)28(39)37-25(16-38)18-5-4-6-20(31)13-18/h4-6,9,12-15,17,21,25,38H,7-8,10-11,16H2,1-3H3,(H2,33,34)(H,35,40)(H,37,39). The summed E-state index contributed by atoms with van der Waals surface area (Å²) in [6.07, 6.45) is 4.29. The summed E-state index contributed by atoms with van der Waals surface area (Å²) in [7, 11) is 0. The molecule has 4 rings (SSSR count). The summed E-state index contributed by atoms with van der Waals surface area (Å²) >= 11 is 6.02. The van der Waals surface area contributed by atoms with Gasteiger partial charge >= 0.3 is 6.09 Å². The van der Waals surface area contributed by atoms with Crippen LogP contribution >= 0.6 is 11.6 Å². The highest BCUT2D eigenvalue weighted by Crippen LogP contribution is 2.34. The molecular weight excluding hydrogens is 549 g/mol. The molecule has 2 amide bonds. The molecule has 218 valence electrons. The van der Waals surface area contributed by atoms with Crippen molar-refractivity contribution in [2.24, 2.45) is 0 Å². The number of nitrogens with two attached hydrogens (primary N) is 1. The van der Waals surface area contributed by atoms with E-state index in [4.69, 9.17) is 27.1 Å². The highest BCUT2D eigenvalue weighted by molar-refractivity contribution is 6.30. The first-order valence-electron chi connectivity index (χ1n) is 13.5. The first-order valence-corrected chi connectivity index (χ1v) is 13.9. The lowest BCUT2D eigenvalue weighted by Gasteiger charge is -2.30. The first kappa shape index (κ1) is 30.2. The fourth-order valence-electron chi connectivity index (χ4n) is 4.87. The Balaban J connectivity index is 1.44. The largest absolute Gasteiger partial charge is 0.444 e. The van der Waals surface area contributed by atoms with Gasteiger partial charge in [0, 0.05) is 22.5 Å². The number of amides is 2. The van der Waals surface area contributed by atoms with Crippen molar-refractivity contribution in [2.45, 2.75) is 70.1 Å². The molecule has 1 aliphatic carbocycles. The number of anilines is 1. The zero-order chi connectivity index (χ0) is 29.7. The number of aromatic nitrogens is 2. The van der Waals surface area contributed by atoms with E-state index in [2.05, 4.69) is 15.6 Å². The molecule has 1 unspecified atom stereocenters. The van der Waals surface area contributed by atoms with E-state index in [0.717, 1.165) is 31.4 Å². The number of carbonyl (C=O) groups excluding carboxylic acids is 2. The molecule has 11 heteroatoms. The summed E-state index contributed by atoms with van der Waals surface area (Å²) in [6, 6.07) is 10.1. The number of hydrogen-bond donors (Lipinski definition) is 4. The van der Waals surface area contributed by atoms with Crippen LogP contribution in [0.25, 0.3) is 11.3 Å². The molecule has 5 N–H and O–H groups in total. The van der Waals surface area contributed by atoms with Gasteiger partial charge in [-0.15, -0.1) is 0 Å². The van der Waals surface area contributed by atoms with Crippen molar-refractivity contribution in [3.05, 3.63) is 76.3 Å². The SMILES string of the molecule is CC(C)(C)OC(=O)NC1CCC(c2cnc(N)c(-c3ccc(C(=O)NC(CO)c4cccc(Cl)c4)c(F)c3)n2)CC1. The number of nitrogens with zero attached hydrogens (tertiary/aromatic N) is 2. The van der Waals surface area contributed by atoms with Crippen LogP contribution in [0, 0.1) is 5.82 Å². The molecule has 41 heavy (non-hydrogen) atoms. The first-order chi connectivity index (χ1) is 19.4. The Labute approximate surface area is 243 Å². The van der Waals surface area contributed by atoms with Crippen molar-refractivity contribution in [3.8, 4) is 11.3 Å². The number of rotatable bonds is 7. The van der Waals surface area contributed by atoms with Gasteiger partial charge in [-0.1, -0.05) is 29.8 Å². The molecule has 0 saturated heterocycles. The molecule has 0 aliphatic heterocycles. The van der Waals surface area contributed by atoms with Gasteiger partial charge < -0.3 is 26.2 Å². The summed E-state index contributed by atoms with van der Waals surface area (Å²) in [5, 5.41) is 15.8. The molecule has 0 spiro atoms. The van der Waals surface area contributed by atoms with Gasteiger partial charge in [0.1, 0.15) is 22.9 Å². The Bertz CT molecular complexity index is 1410. The number of alkyl carbamates (subject to hydrolysis) is 1. The van der Waals surface area contributed by atoms with Gasteiger partial charge in [0.15, 0.2) is 0 Å². The molecule has 1 aromatic heterocycles. The average Bonchev–Trinajstić information content (AvgIpc) is 2.91. The second-order valence-corrected chi connectivity index (χ2v) is 11.6. The minimum absolute atomic E-state index is 0.0133. The minimum atomic E-state index is -0.761. The van der Waals surface area contributed by atoms with Crippen LogP contribution in [0.15, 0.2) is 48.7 Å². The molecular formula is C30H35ClFN5O4. The Morgan fingerprint density at radius 1 is 1.17 bits per heavy atom. The highest BCUT2D eigenvalue weighted by atomic mass is 35.5. The van der Waals surface area contributed by atoms with Crippen LogP contribution in [0.2, 0.25) is 5.02 Å². The molecule has 1 atom stereocenters. The van der Waals surface area contributed by atoms with Crippen LogP contribution in [0.1, 0.15) is 80.0 Å². The van der Waals surface area contributed by atoms with Crippen LogP contribution in [0.4, 0.5) is 15.0 Å². The maximum absolute atomic E-state index is 15.2. The van der Waals surface area contributed by atoms with Gasteiger partial charge in [0.05, 0.1) is 30.1 Å². The molecule has 0 radical (unpaired) electrons. The topological polar surface area (TPSA) is 139 Å². The van der Waals surface area contributed by atoms with Crippen molar-refractivity contribution >= 4 is 29.4 Å². The zero-order valence-electron chi connectivity index (χ0n) is 23.3. The summed E-state index contributed by atoms with van der Waals surface area (Å²) in [5.41, 5.74) is 7.42. The zero-order valence-corrected chi connectivity index (χ0v) is 24.0. The van der Waals surface area contributed by atoms with Crippen molar-refractivity contribution in [1.29, 1.82) is 0 Å². The number of halogens is 2. The second-order valence-electron chi connectivity index (χ2n) is 11.2. The fraction of sp³-hybridized carbons (Fsp3) is 0.400. The van der Waals surface area contributed by atoms with E-state index in [9.17, 15) is 14.7 Å². The number of carbonyl (C=O) groups is 2. The molecule has 1 heterocycles. The smallest absolute Gasteiger partial charge is 0.407 e. The van der Waals surface area contributed by atoms with E-state index < -0.39 is 29.5 Å². The molecule has 1 saturated carbocycles. The highest BCUT2D eigenvalue weighted by Gasteiger charge is 2.27. The van der Waals surface area contributed by atoms with Gasteiger partial charge in [-0.05, 0) is 76.3 Å². The van der Waals surface area contributed by atoms with Crippen LogP contribution in [0.5, 0.6) is 0 Å². The molecule has 9 nitrogen and oxygen atoms in total. The van der Waals surface area contributed by atoms with Crippen LogP contribution < -0.4 is 16.4 Å². The van der Waals surface area contributed by atoms with E-state index in [-0.39, 0.29) is 29.9 Å². The molecule has 0 bridgehead atoms. The van der Waals surface area contributed by atoms with E-state index in [1.54, 1.807) is 36.5 Å². The summed E-state index contributed by atoms with van der Waals surface area (Å²) in [6.45, 7) is 5.09. The van der Waals surface area contributed by atoms with E-state index in [1.807, 2.05) is 20.8 Å². The third kappa shape index (κ3) is 7.92. The Hall–Kier alpha value is -3.76. The summed E-state index contributed by atoms with van der Waals surface area (Å²) in [5.74, 6) is -1.19. The maximum Gasteiger partial charge on any atom is 0.407 e. The van der Waals surface area contributed by atoms with E-state index in [0.29, 0.717) is 21.8 Å². The average molecular weight is 584 g/mol. The maximum atomic E-state index is 15.2. The lowest BCUT2D eigenvalue weighted by atomic mass is 9.84. The lowest BCUT2D eigenvalue weighted by molar-refractivity contribution is 0.0491. The molecule has 1 aliphatic rings. The predicted molar refractivity (Wildman–Crippen MR) is 155 cm³/mol. The Kier molecular flexibility index (Phi) is 9.45. The number of ether oxygens (including phenoxy) is 1. The normalized spacial score (nSPS) is 17.9. The van der Waals surface area contributed by atoms with Crippen molar-refractivity contribution in [2.75, 3.05) is 12.3 Å². The monoisotopic (exact) mass is 583 g/mol. The van der Waals surface area contributed by atoms with Crippen molar-refractivity contribution in [3.63, 3.8) is 0 Å². The van der Waals surface area contributed by atoms with Gasteiger partial charge in [-0.3, -0.25) is 4.79 Å². The van der Waals surface area contributed by atoms with Gasteiger partial charge in [0.25, 0.3) is 5.91 Å². The molecule has 2 aromatic carbocycles. The third-order valence-electron chi connectivity index (χ3n) is 6.91. The van der Waals surface area contributed by atoms with Crippen molar-refractivity contribution < 1.29 is 23.8 Å². The number of nitrogens with one attached hydrogen (secondary N) is 2. The molecule has 1 fully saturated rings. The Morgan fingerprint density at radius 3 is 2.54 bits per heavy atom. The number of aliphatic hydroxyl groups excluding tert-OH is 1. The predicted octanol–water partition coefficient (Wildman–Crippen LogP) is 5.53. The molecule has 3 aromatic rings. The van der Waals surface area contributed by atoms with E-state index >= 15 is 4.39 Å².